The Bertz CT molecular complexity index is 2460. The minimum absolute atomic E-state index is 0.0893. The van der Waals surface area contributed by atoms with Gasteiger partial charge in [-0.15, -0.1) is 0 Å². The summed E-state index contributed by atoms with van der Waals surface area (Å²) in [5.74, 6) is 0. The summed E-state index contributed by atoms with van der Waals surface area (Å²) in [6.45, 7) is 5.32. The van der Waals surface area contributed by atoms with E-state index in [0.29, 0.717) is 0 Å². The Balaban J connectivity index is 1.17. The normalized spacial score (nSPS) is 22.2. The summed E-state index contributed by atoms with van der Waals surface area (Å²) in [4.78, 5) is 0. The topological polar surface area (TPSA) is 0 Å². The predicted octanol–water partition coefficient (Wildman–Crippen LogP) is 10.8. The van der Waals surface area contributed by atoms with E-state index >= 15 is 0 Å². The van der Waals surface area contributed by atoms with Crippen molar-refractivity contribution >= 4 is 23.6 Å². The van der Waals surface area contributed by atoms with Crippen LogP contribution in [0.5, 0.6) is 0 Å². The summed E-state index contributed by atoms with van der Waals surface area (Å²) in [5, 5.41) is 4.89. The molecule has 1 heteroatoms. The number of rotatable bonds is 3. The molecule has 250 valence electrons. The number of fused-ring (bicyclic) bond motifs is 13. The molecule has 0 radical (unpaired) electrons. The number of hydrogen-bond acceptors (Lipinski definition) is 0. The van der Waals surface area contributed by atoms with Gasteiger partial charge in [-0.25, -0.2) is 0 Å². The van der Waals surface area contributed by atoms with E-state index < -0.39 is 8.07 Å². The lowest BCUT2D eigenvalue weighted by Gasteiger charge is -2.54. The van der Waals surface area contributed by atoms with Crippen LogP contribution >= 0.6 is 0 Å². The van der Waals surface area contributed by atoms with Crippen LogP contribution in [0.1, 0.15) is 67.3 Å². The third kappa shape index (κ3) is 3.49. The summed E-state index contributed by atoms with van der Waals surface area (Å²) >= 11 is 0. The molecule has 2 atom stereocenters. The van der Waals surface area contributed by atoms with Crippen LogP contribution in [-0.4, -0.2) is 8.07 Å². The first kappa shape index (κ1) is 30.4. The first-order valence-corrected chi connectivity index (χ1v) is 21.2. The molecule has 0 aromatic heterocycles. The van der Waals surface area contributed by atoms with E-state index in [0.717, 1.165) is 0 Å². The molecule has 52 heavy (non-hydrogen) atoms. The molecule has 0 bridgehead atoms. The third-order valence-electron chi connectivity index (χ3n) is 14.4. The Morgan fingerprint density at radius 3 is 1.40 bits per heavy atom. The smallest absolute Gasteiger partial charge is 0.0624 e. The standard InChI is InChI=1S/C51H42Si/c1-49-31-15-16-32-50(49,2)52(37-17-5-3-6-18-37,38-19-7-4-8-20-38)48-30-28-36(34-47(48)49)35-27-29-42-41-23-11-14-26-45(41)51(46(42)33-35)43-24-12-9-21-39(43)40-22-10-13-25-44(40)51/h3-14,17-30,33-34H,15-16,31-32H2,1-2H3. The summed E-state index contributed by atoms with van der Waals surface area (Å²) in [5.41, 5.74) is 15.1. The van der Waals surface area contributed by atoms with Crippen LogP contribution in [0.2, 0.25) is 5.04 Å². The highest BCUT2D eigenvalue weighted by atomic mass is 28.3. The van der Waals surface area contributed by atoms with Gasteiger partial charge in [-0.05, 0) is 106 Å². The summed E-state index contributed by atoms with van der Waals surface area (Å²) in [7, 11) is -2.45. The van der Waals surface area contributed by atoms with Crippen molar-refractivity contribution in [3.63, 3.8) is 0 Å². The van der Waals surface area contributed by atoms with Crippen LogP contribution in [0.25, 0.3) is 33.4 Å². The fraction of sp³-hybridized carbons (Fsp3) is 0.176. The van der Waals surface area contributed by atoms with Crippen molar-refractivity contribution in [1.82, 2.24) is 0 Å². The quantitative estimate of drug-likeness (QED) is 0.163. The van der Waals surface area contributed by atoms with E-state index in [1.807, 2.05) is 0 Å². The third-order valence-corrected chi connectivity index (χ3v) is 20.5. The molecule has 11 rings (SSSR count). The van der Waals surface area contributed by atoms with Gasteiger partial charge in [0.1, 0.15) is 0 Å². The maximum absolute atomic E-state index is 2.68. The molecule has 0 amide bonds. The summed E-state index contributed by atoms with van der Waals surface area (Å²) < 4.78 is 0. The average Bonchev–Trinajstić information content (AvgIpc) is 3.74. The lowest BCUT2D eigenvalue weighted by atomic mass is 9.64. The molecule has 7 aromatic carbocycles. The highest BCUT2D eigenvalue weighted by Gasteiger charge is 2.68. The lowest BCUT2D eigenvalue weighted by Crippen LogP contribution is -2.72. The Morgan fingerprint density at radius 1 is 0.404 bits per heavy atom. The van der Waals surface area contributed by atoms with Gasteiger partial charge < -0.3 is 0 Å². The molecule has 1 fully saturated rings. The lowest BCUT2D eigenvalue weighted by molar-refractivity contribution is 0.241. The first-order chi connectivity index (χ1) is 25.5. The van der Waals surface area contributed by atoms with Gasteiger partial charge >= 0.3 is 0 Å². The summed E-state index contributed by atoms with van der Waals surface area (Å²) in [6, 6.07) is 65.8. The zero-order chi connectivity index (χ0) is 34.7. The maximum atomic E-state index is 2.68. The van der Waals surface area contributed by atoms with E-state index in [1.54, 1.807) is 21.1 Å². The van der Waals surface area contributed by atoms with Crippen LogP contribution in [0.3, 0.4) is 0 Å². The van der Waals surface area contributed by atoms with Crippen molar-refractivity contribution in [2.75, 3.05) is 0 Å². The van der Waals surface area contributed by atoms with Crippen molar-refractivity contribution in [2.45, 2.75) is 55.4 Å². The molecule has 0 N–H and O–H groups in total. The van der Waals surface area contributed by atoms with Crippen molar-refractivity contribution in [3.05, 3.63) is 198 Å². The maximum Gasteiger partial charge on any atom is 0.155 e. The number of benzene rings is 7. The summed E-state index contributed by atoms with van der Waals surface area (Å²) in [6.07, 6.45) is 5.10. The molecule has 2 unspecified atom stereocenters. The van der Waals surface area contributed by atoms with Crippen LogP contribution in [0.15, 0.2) is 170 Å². The number of hydrogen-bond donors (Lipinski definition) is 0. The van der Waals surface area contributed by atoms with Gasteiger partial charge in [0.05, 0.1) is 5.41 Å². The van der Waals surface area contributed by atoms with Gasteiger partial charge in [0.25, 0.3) is 0 Å². The van der Waals surface area contributed by atoms with Crippen LogP contribution < -0.4 is 15.6 Å². The molecule has 7 aromatic rings. The zero-order valence-electron chi connectivity index (χ0n) is 30.0. The van der Waals surface area contributed by atoms with Gasteiger partial charge in [0.2, 0.25) is 0 Å². The van der Waals surface area contributed by atoms with Crippen molar-refractivity contribution < 1.29 is 0 Å². The SMILES string of the molecule is CC12CCCCC1(C)[Si](c1ccccc1)(c1ccccc1)c1ccc(-c3ccc4c(c3)C3(c5ccccc5-c5ccccc53)c3ccccc3-4)cc12. The van der Waals surface area contributed by atoms with Crippen LogP contribution in [-0.2, 0) is 10.8 Å². The molecule has 1 spiro atoms. The zero-order valence-corrected chi connectivity index (χ0v) is 31.0. The highest BCUT2D eigenvalue weighted by Crippen LogP contribution is 2.66. The molecule has 1 saturated carbocycles. The molecule has 0 saturated heterocycles. The van der Waals surface area contributed by atoms with Gasteiger partial charge in [-0.1, -0.05) is 190 Å². The average molecular weight is 683 g/mol. The van der Waals surface area contributed by atoms with Crippen LogP contribution in [0, 0.1) is 0 Å². The van der Waals surface area contributed by atoms with Gasteiger partial charge in [-0.2, -0.15) is 0 Å². The van der Waals surface area contributed by atoms with Crippen molar-refractivity contribution in [1.29, 1.82) is 0 Å². The second kappa shape index (κ2) is 10.7. The second-order valence-corrected chi connectivity index (χ2v) is 20.6. The largest absolute Gasteiger partial charge is 0.155 e. The van der Waals surface area contributed by atoms with E-state index in [-0.39, 0.29) is 15.9 Å². The van der Waals surface area contributed by atoms with E-state index in [9.17, 15) is 0 Å². The molecule has 4 aliphatic rings. The molecule has 3 aliphatic carbocycles. The van der Waals surface area contributed by atoms with Crippen molar-refractivity contribution in [2.24, 2.45) is 0 Å². The van der Waals surface area contributed by atoms with Crippen molar-refractivity contribution in [3.8, 4) is 33.4 Å². The Morgan fingerprint density at radius 2 is 0.846 bits per heavy atom. The van der Waals surface area contributed by atoms with Gasteiger partial charge in [-0.3, -0.25) is 0 Å². The van der Waals surface area contributed by atoms with Gasteiger partial charge in [0, 0.05) is 0 Å². The highest BCUT2D eigenvalue weighted by molar-refractivity contribution is 7.14. The second-order valence-electron chi connectivity index (χ2n) is 16.3. The van der Waals surface area contributed by atoms with Gasteiger partial charge in [0.15, 0.2) is 8.07 Å². The first-order valence-electron chi connectivity index (χ1n) is 19.2. The minimum Gasteiger partial charge on any atom is -0.0624 e. The Kier molecular flexibility index (Phi) is 6.23. The van der Waals surface area contributed by atoms with E-state index in [1.165, 1.54) is 81.3 Å². The molecular formula is C51H42Si. The fourth-order valence-electron chi connectivity index (χ4n) is 12.1. The Labute approximate surface area is 308 Å². The Hall–Kier alpha value is -5.24. The molecule has 1 aliphatic heterocycles. The minimum atomic E-state index is -2.45. The monoisotopic (exact) mass is 682 g/mol. The van der Waals surface area contributed by atoms with E-state index in [2.05, 4.69) is 184 Å². The molecular weight excluding hydrogens is 641 g/mol. The molecule has 0 nitrogen and oxygen atoms in total. The molecule has 1 heterocycles. The van der Waals surface area contributed by atoms with E-state index in [4.69, 9.17) is 0 Å². The predicted molar refractivity (Wildman–Crippen MR) is 220 cm³/mol. The fourth-order valence-corrected chi connectivity index (χ4v) is 19.0. The van der Waals surface area contributed by atoms with Crippen LogP contribution in [0.4, 0.5) is 0 Å².